The van der Waals surface area contributed by atoms with Gasteiger partial charge in [0.15, 0.2) is 0 Å². The van der Waals surface area contributed by atoms with Crippen molar-refractivity contribution in [2.75, 3.05) is 19.7 Å². The third kappa shape index (κ3) is 3.93. The summed E-state index contributed by atoms with van der Waals surface area (Å²) in [6.07, 6.45) is 7.21. The summed E-state index contributed by atoms with van der Waals surface area (Å²) in [6, 6.07) is 0.0910. The van der Waals surface area contributed by atoms with Gasteiger partial charge in [0.2, 0.25) is 0 Å². The van der Waals surface area contributed by atoms with Crippen LogP contribution in [0.1, 0.15) is 51.9 Å². The van der Waals surface area contributed by atoms with E-state index in [0.29, 0.717) is 19.0 Å². The molecule has 20 heavy (non-hydrogen) atoms. The highest BCUT2D eigenvalue weighted by atomic mass is 32.2. The number of piperidine rings is 1. The molecule has 0 spiro atoms. The molecule has 0 aromatic rings. The first-order chi connectivity index (χ1) is 9.56. The summed E-state index contributed by atoms with van der Waals surface area (Å²) in [6.45, 7) is 3.25. The van der Waals surface area contributed by atoms with E-state index in [1.807, 2.05) is 0 Å². The quantitative estimate of drug-likeness (QED) is 0.808. The second-order valence-corrected chi connectivity index (χ2v) is 7.93. The number of hydrogen-bond donors (Lipinski definition) is 2. The van der Waals surface area contributed by atoms with Gasteiger partial charge in [-0.15, -0.1) is 0 Å². The van der Waals surface area contributed by atoms with Crippen molar-refractivity contribution in [2.45, 2.75) is 57.9 Å². The maximum Gasteiger partial charge on any atom is 0.279 e. The summed E-state index contributed by atoms with van der Waals surface area (Å²) in [7, 11) is -3.40. The smallest absolute Gasteiger partial charge is 0.279 e. The lowest BCUT2D eigenvalue weighted by Gasteiger charge is -2.35. The highest BCUT2D eigenvalue weighted by molar-refractivity contribution is 7.87. The minimum absolute atomic E-state index is 0.0764. The first kappa shape index (κ1) is 16.2. The Bertz CT molecular complexity index is 399. The van der Waals surface area contributed by atoms with Gasteiger partial charge in [0.05, 0.1) is 0 Å². The Balaban J connectivity index is 1.98. The van der Waals surface area contributed by atoms with Crippen molar-refractivity contribution < 1.29 is 13.5 Å². The molecule has 2 rings (SSSR count). The second-order valence-electron chi connectivity index (χ2n) is 6.23. The van der Waals surface area contributed by atoms with Crippen LogP contribution in [0.4, 0.5) is 0 Å². The number of aliphatic hydroxyl groups excluding tert-OH is 1. The van der Waals surface area contributed by atoms with Crippen LogP contribution in [0.5, 0.6) is 0 Å². The van der Waals surface area contributed by atoms with Crippen LogP contribution in [0, 0.1) is 11.8 Å². The lowest BCUT2D eigenvalue weighted by molar-refractivity contribution is 0.163. The Labute approximate surface area is 122 Å². The van der Waals surface area contributed by atoms with Gasteiger partial charge < -0.3 is 5.11 Å². The van der Waals surface area contributed by atoms with Crippen molar-refractivity contribution in [3.63, 3.8) is 0 Å². The van der Waals surface area contributed by atoms with E-state index in [4.69, 9.17) is 0 Å². The van der Waals surface area contributed by atoms with E-state index in [1.54, 1.807) is 0 Å². The fourth-order valence-electron chi connectivity index (χ4n) is 3.51. The van der Waals surface area contributed by atoms with Crippen LogP contribution >= 0.6 is 0 Å². The molecular weight excluding hydrogens is 276 g/mol. The van der Waals surface area contributed by atoms with E-state index in [1.165, 1.54) is 10.7 Å². The van der Waals surface area contributed by atoms with E-state index < -0.39 is 10.2 Å². The summed E-state index contributed by atoms with van der Waals surface area (Å²) in [5.41, 5.74) is 0. The van der Waals surface area contributed by atoms with Gasteiger partial charge in [0, 0.05) is 25.7 Å². The lowest BCUT2D eigenvalue weighted by Crippen LogP contribution is -2.51. The molecule has 2 aliphatic rings. The molecule has 6 heteroatoms. The normalized spacial score (nSPS) is 33.2. The summed E-state index contributed by atoms with van der Waals surface area (Å²) in [5, 5.41) is 9.23. The van der Waals surface area contributed by atoms with Crippen LogP contribution < -0.4 is 4.72 Å². The molecule has 1 aliphatic heterocycles. The zero-order chi connectivity index (χ0) is 14.6. The van der Waals surface area contributed by atoms with Gasteiger partial charge in [0.25, 0.3) is 10.2 Å². The van der Waals surface area contributed by atoms with Crippen molar-refractivity contribution in [3.8, 4) is 0 Å². The third-order valence-electron chi connectivity index (χ3n) is 4.81. The molecule has 0 bridgehead atoms. The molecule has 118 valence electrons. The highest BCUT2D eigenvalue weighted by Gasteiger charge is 2.33. The van der Waals surface area contributed by atoms with Crippen LogP contribution in [0.15, 0.2) is 0 Å². The van der Waals surface area contributed by atoms with Crippen molar-refractivity contribution in [3.05, 3.63) is 0 Å². The summed E-state index contributed by atoms with van der Waals surface area (Å²) in [4.78, 5) is 0. The second kappa shape index (κ2) is 7.20. The van der Waals surface area contributed by atoms with Gasteiger partial charge in [0.1, 0.15) is 0 Å². The maximum atomic E-state index is 12.5. The molecule has 5 nitrogen and oxygen atoms in total. The van der Waals surface area contributed by atoms with E-state index in [2.05, 4.69) is 11.6 Å². The molecule has 3 unspecified atom stereocenters. The van der Waals surface area contributed by atoms with Crippen LogP contribution in [0.3, 0.4) is 0 Å². The SMILES string of the molecule is CCC1CCCCC1NS(=O)(=O)N1CCCC(CO)C1. The largest absolute Gasteiger partial charge is 0.396 e. The number of hydrogen-bond acceptors (Lipinski definition) is 3. The Morgan fingerprint density at radius 2 is 1.95 bits per heavy atom. The summed E-state index contributed by atoms with van der Waals surface area (Å²) in [5.74, 6) is 0.561. The predicted octanol–water partition coefficient (Wildman–Crippen LogP) is 1.49. The van der Waals surface area contributed by atoms with Crippen LogP contribution in [-0.2, 0) is 10.2 Å². The third-order valence-corrected chi connectivity index (χ3v) is 6.43. The standard InChI is InChI=1S/C14H28N2O3S/c1-2-13-7-3-4-8-14(13)15-20(18,19)16-9-5-6-12(10-16)11-17/h12-15,17H,2-11H2,1H3. The molecule has 1 saturated heterocycles. The van der Waals surface area contributed by atoms with E-state index in [-0.39, 0.29) is 18.6 Å². The zero-order valence-corrected chi connectivity index (χ0v) is 13.2. The van der Waals surface area contributed by atoms with Crippen molar-refractivity contribution in [2.24, 2.45) is 11.8 Å². The van der Waals surface area contributed by atoms with Gasteiger partial charge in [-0.1, -0.05) is 26.2 Å². The Hall–Kier alpha value is -0.170. The Morgan fingerprint density at radius 1 is 1.20 bits per heavy atom. The van der Waals surface area contributed by atoms with Crippen LogP contribution in [0.2, 0.25) is 0 Å². The fourth-order valence-corrected chi connectivity index (χ4v) is 5.13. The molecule has 3 atom stereocenters. The summed E-state index contributed by atoms with van der Waals surface area (Å²) >= 11 is 0. The first-order valence-corrected chi connectivity index (χ1v) is 9.39. The molecule has 1 saturated carbocycles. The molecule has 1 aliphatic carbocycles. The minimum Gasteiger partial charge on any atom is -0.396 e. The van der Waals surface area contributed by atoms with E-state index in [0.717, 1.165) is 38.5 Å². The zero-order valence-electron chi connectivity index (χ0n) is 12.4. The summed E-state index contributed by atoms with van der Waals surface area (Å²) < 4.78 is 29.5. The molecule has 2 fully saturated rings. The average Bonchev–Trinajstić information content (AvgIpc) is 2.47. The molecule has 2 N–H and O–H groups in total. The van der Waals surface area contributed by atoms with Gasteiger partial charge in [-0.2, -0.15) is 17.4 Å². The van der Waals surface area contributed by atoms with E-state index in [9.17, 15) is 13.5 Å². The predicted molar refractivity (Wildman–Crippen MR) is 79.5 cm³/mol. The maximum absolute atomic E-state index is 12.5. The van der Waals surface area contributed by atoms with Crippen molar-refractivity contribution in [1.82, 2.24) is 9.03 Å². The van der Waals surface area contributed by atoms with Gasteiger partial charge >= 0.3 is 0 Å². The monoisotopic (exact) mass is 304 g/mol. The molecule has 0 amide bonds. The minimum atomic E-state index is -3.40. The number of nitrogens with zero attached hydrogens (tertiary/aromatic N) is 1. The number of nitrogens with one attached hydrogen (secondary N) is 1. The highest BCUT2D eigenvalue weighted by Crippen LogP contribution is 2.28. The van der Waals surface area contributed by atoms with Gasteiger partial charge in [-0.25, -0.2) is 0 Å². The van der Waals surface area contributed by atoms with Crippen molar-refractivity contribution >= 4 is 10.2 Å². The van der Waals surface area contributed by atoms with Gasteiger partial charge in [-0.05, 0) is 37.5 Å². The molecule has 0 aromatic carbocycles. The van der Waals surface area contributed by atoms with E-state index >= 15 is 0 Å². The first-order valence-electron chi connectivity index (χ1n) is 7.95. The van der Waals surface area contributed by atoms with Crippen molar-refractivity contribution in [1.29, 1.82) is 0 Å². The Kier molecular flexibility index (Phi) is 5.84. The molecule has 1 heterocycles. The average molecular weight is 304 g/mol. The molecular formula is C14H28N2O3S. The Morgan fingerprint density at radius 3 is 2.65 bits per heavy atom. The van der Waals surface area contributed by atoms with Gasteiger partial charge in [-0.3, -0.25) is 0 Å². The molecule has 0 aromatic heterocycles. The lowest BCUT2D eigenvalue weighted by atomic mass is 9.83. The fraction of sp³-hybridized carbons (Fsp3) is 1.00. The van der Waals surface area contributed by atoms with Crippen LogP contribution in [0.25, 0.3) is 0 Å². The molecule has 0 radical (unpaired) electrons. The van der Waals surface area contributed by atoms with Crippen LogP contribution in [-0.4, -0.2) is 43.6 Å². The topological polar surface area (TPSA) is 69.6 Å². The number of aliphatic hydroxyl groups is 1. The number of rotatable bonds is 5.